The van der Waals surface area contributed by atoms with Crippen LogP contribution in [0.3, 0.4) is 0 Å². The summed E-state index contributed by atoms with van der Waals surface area (Å²) in [4.78, 5) is 26.6. The number of fused-ring (bicyclic) bond motifs is 1. The zero-order valence-corrected chi connectivity index (χ0v) is 15.7. The molecule has 26 heavy (non-hydrogen) atoms. The Hall–Kier alpha value is -2.11. The van der Waals surface area contributed by atoms with Crippen molar-refractivity contribution in [2.75, 3.05) is 26.7 Å². The number of aromatic nitrogens is 2. The molecule has 1 aromatic heterocycles. The molecule has 0 unspecified atom stereocenters. The number of carbonyl (C=O) groups is 2. The number of hydrogen-bond donors (Lipinski definition) is 0. The second kappa shape index (κ2) is 6.25. The maximum atomic E-state index is 13.0. The van der Waals surface area contributed by atoms with E-state index in [1.54, 1.807) is 18.2 Å². The van der Waals surface area contributed by atoms with E-state index in [9.17, 15) is 18.0 Å². The minimum Gasteiger partial charge on any atom is -0.312 e. The average molecular weight is 395 g/mol. The van der Waals surface area contributed by atoms with Crippen LogP contribution in [0.4, 0.5) is 4.79 Å². The molecule has 0 aliphatic carbocycles. The van der Waals surface area contributed by atoms with Gasteiger partial charge in [-0.2, -0.15) is 13.1 Å². The summed E-state index contributed by atoms with van der Waals surface area (Å²) in [6.07, 6.45) is 0.995. The fourth-order valence-electron chi connectivity index (χ4n) is 3.43. The van der Waals surface area contributed by atoms with Crippen molar-refractivity contribution in [1.82, 2.24) is 22.9 Å². The second-order valence-electron chi connectivity index (χ2n) is 6.39. The predicted molar refractivity (Wildman–Crippen MR) is 94.1 cm³/mol. The summed E-state index contributed by atoms with van der Waals surface area (Å²) in [5.41, 5.74) is 0.955. The third-order valence-corrected chi connectivity index (χ3v) is 7.42. The van der Waals surface area contributed by atoms with Gasteiger partial charge in [0.05, 0.1) is 11.7 Å². The van der Waals surface area contributed by atoms with E-state index in [0.29, 0.717) is 37.0 Å². The Kier molecular flexibility index (Phi) is 4.16. The van der Waals surface area contributed by atoms with Crippen molar-refractivity contribution in [2.24, 2.45) is 0 Å². The molecule has 3 amide bonds. The van der Waals surface area contributed by atoms with Gasteiger partial charge in [0.15, 0.2) is 0 Å². The molecule has 11 heteroatoms. The topological polar surface area (TPSA) is 104 Å². The molecule has 138 valence electrons. The monoisotopic (exact) mass is 395 g/mol. The summed E-state index contributed by atoms with van der Waals surface area (Å²) >= 11 is 0.984. The van der Waals surface area contributed by atoms with Gasteiger partial charge in [-0.3, -0.25) is 9.69 Å². The van der Waals surface area contributed by atoms with Crippen LogP contribution in [-0.2, 0) is 14.8 Å². The van der Waals surface area contributed by atoms with E-state index in [4.69, 9.17) is 0 Å². The highest BCUT2D eigenvalue weighted by atomic mass is 32.2. The molecule has 0 spiro atoms. The molecule has 2 fully saturated rings. The fourth-order valence-corrected chi connectivity index (χ4v) is 5.65. The molecule has 2 aliphatic rings. The zero-order valence-electron chi connectivity index (χ0n) is 14.0. The molecule has 4 rings (SSSR count). The Bertz CT molecular complexity index is 981. The van der Waals surface area contributed by atoms with Crippen LogP contribution in [0.2, 0.25) is 0 Å². The Morgan fingerprint density at radius 1 is 1.15 bits per heavy atom. The van der Waals surface area contributed by atoms with Crippen molar-refractivity contribution in [3.8, 4) is 0 Å². The van der Waals surface area contributed by atoms with E-state index < -0.39 is 10.0 Å². The highest BCUT2D eigenvalue weighted by molar-refractivity contribution is 7.89. The second-order valence-corrected chi connectivity index (χ2v) is 8.82. The molecule has 2 saturated heterocycles. The molecule has 0 atom stereocenters. The Morgan fingerprint density at radius 2 is 1.88 bits per heavy atom. The molecule has 2 aromatic rings. The molecule has 0 bridgehead atoms. The van der Waals surface area contributed by atoms with E-state index in [2.05, 4.69) is 8.75 Å². The first kappa shape index (κ1) is 17.3. The summed E-state index contributed by atoms with van der Waals surface area (Å²) in [6, 6.07) is 4.50. The van der Waals surface area contributed by atoms with Gasteiger partial charge in [-0.05, 0) is 25.0 Å². The number of imide groups is 1. The summed E-state index contributed by atoms with van der Waals surface area (Å²) in [7, 11) is -2.22. The van der Waals surface area contributed by atoms with E-state index in [-0.39, 0.29) is 29.4 Å². The molecule has 9 nitrogen and oxygen atoms in total. The quantitative estimate of drug-likeness (QED) is 0.710. The minimum absolute atomic E-state index is 0.0660. The molecule has 0 saturated carbocycles. The van der Waals surface area contributed by atoms with Crippen molar-refractivity contribution in [3.63, 3.8) is 0 Å². The van der Waals surface area contributed by atoms with Crippen molar-refractivity contribution < 1.29 is 18.0 Å². The molecule has 1 aromatic carbocycles. The molecule has 0 N–H and O–H groups in total. The van der Waals surface area contributed by atoms with Crippen molar-refractivity contribution in [2.45, 2.75) is 23.8 Å². The lowest BCUT2D eigenvalue weighted by molar-refractivity contribution is -0.124. The fraction of sp³-hybridized carbons (Fsp3) is 0.467. The molecular formula is C15H17N5O4S2. The SMILES string of the molecule is CN1C(=O)CN(C2CCN(S(=O)(=O)c3cccc4nsnc34)CC2)C1=O. The standard InChI is InChI=1S/C15H17N5O4S2/c1-18-13(21)9-20(15(18)22)10-5-7-19(8-6-10)26(23,24)12-4-2-3-11-14(12)17-25-16-11/h2-4,10H,5-9H2,1H3. The van der Waals surface area contributed by atoms with Crippen LogP contribution < -0.4 is 0 Å². The zero-order chi connectivity index (χ0) is 18.5. The minimum atomic E-state index is -3.68. The lowest BCUT2D eigenvalue weighted by Gasteiger charge is -2.35. The number of likely N-dealkylation sites (N-methyl/N-ethyl adjacent to an activating group) is 1. The molecular weight excluding hydrogens is 378 g/mol. The van der Waals surface area contributed by atoms with Gasteiger partial charge in [-0.25, -0.2) is 13.2 Å². The lowest BCUT2D eigenvalue weighted by Crippen LogP contribution is -2.47. The molecule has 2 aliphatic heterocycles. The number of amides is 3. The number of carbonyl (C=O) groups excluding carboxylic acids is 2. The normalized spacial score (nSPS) is 20.5. The number of piperidine rings is 1. The van der Waals surface area contributed by atoms with Crippen LogP contribution in [0.1, 0.15) is 12.8 Å². The molecule has 0 radical (unpaired) electrons. The van der Waals surface area contributed by atoms with Gasteiger partial charge in [-0.1, -0.05) is 6.07 Å². The first-order valence-corrected chi connectivity index (χ1v) is 10.3. The van der Waals surface area contributed by atoms with E-state index in [0.717, 1.165) is 16.6 Å². The third-order valence-electron chi connectivity index (χ3n) is 4.94. The maximum Gasteiger partial charge on any atom is 0.327 e. The number of rotatable bonds is 3. The number of hydrogen-bond acceptors (Lipinski definition) is 7. The van der Waals surface area contributed by atoms with Gasteiger partial charge >= 0.3 is 6.03 Å². The van der Waals surface area contributed by atoms with Gasteiger partial charge in [0.1, 0.15) is 22.5 Å². The maximum absolute atomic E-state index is 13.0. The van der Waals surface area contributed by atoms with Crippen LogP contribution in [-0.4, -0.2) is 75.9 Å². The van der Waals surface area contributed by atoms with Gasteiger partial charge in [-0.15, -0.1) is 0 Å². The smallest absolute Gasteiger partial charge is 0.312 e. The van der Waals surface area contributed by atoms with Crippen molar-refractivity contribution >= 4 is 44.7 Å². The van der Waals surface area contributed by atoms with E-state index in [1.807, 2.05) is 0 Å². The van der Waals surface area contributed by atoms with E-state index >= 15 is 0 Å². The first-order valence-electron chi connectivity index (χ1n) is 8.18. The first-order chi connectivity index (χ1) is 12.4. The summed E-state index contributed by atoms with van der Waals surface area (Å²) in [6.45, 7) is 0.655. The van der Waals surface area contributed by atoms with Crippen molar-refractivity contribution in [3.05, 3.63) is 18.2 Å². The van der Waals surface area contributed by atoms with Gasteiger partial charge in [0.25, 0.3) is 0 Å². The highest BCUT2D eigenvalue weighted by Gasteiger charge is 2.40. The number of sulfonamides is 1. The van der Waals surface area contributed by atoms with E-state index in [1.165, 1.54) is 16.3 Å². The Morgan fingerprint density at radius 3 is 2.54 bits per heavy atom. The highest BCUT2D eigenvalue weighted by Crippen LogP contribution is 2.28. The molecule has 3 heterocycles. The lowest BCUT2D eigenvalue weighted by atomic mass is 10.1. The van der Waals surface area contributed by atoms with Crippen LogP contribution in [0.5, 0.6) is 0 Å². The van der Waals surface area contributed by atoms with Crippen LogP contribution in [0, 0.1) is 0 Å². The van der Waals surface area contributed by atoms with Gasteiger partial charge in [0, 0.05) is 26.2 Å². The summed E-state index contributed by atoms with van der Waals surface area (Å²) in [5, 5.41) is 0. The number of benzene rings is 1. The number of urea groups is 1. The Labute approximate surface area is 154 Å². The van der Waals surface area contributed by atoms with Crippen LogP contribution in [0.15, 0.2) is 23.1 Å². The third kappa shape index (κ3) is 2.66. The van der Waals surface area contributed by atoms with Gasteiger partial charge in [0.2, 0.25) is 15.9 Å². The predicted octanol–water partition coefficient (Wildman–Crippen LogP) is 0.738. The van der Waals surface area contributed by atoms with Crippen molar-refractivity contribution in [1.29, 1.82) is 0 Å². The van der Waals surface area contributed by atoms with Crippen LogP contribution in [0.25, 0.3) is 11.0 Å². The van der Waals surface area contributed by atoms with Crippen LogP contribution >= 0.6 is 11.7 Å². The summed E-state index contributed by atoms with van der Waals surface area (Å²) in [5.74, 6) is -0.229. The Balaban J connectivity index is 1.52. The van der Waals surface area contributed by atoms with Gasteiger partial charge < -0.3 is 4.90 Å². The number of nitrogens with zero attached hydrogens (tertiary/aromatic N) is 5. The largest absolute Gasteiger partial charge is 0.327 e. The summed E-state index contributed by atoms with van der Waals surface area (Å²) < 4.78 is 35.7. The average Bonchev–Trinajstić information content (AvgIpc) is 3.22.